The van der Waals surface area contributed by atoms with E-state index in [1.807, 2.05) is 54.6 Å². The molecule has 0 radical (unpaired) electrons. The topological polar surface area (TPSA) is 112 Å². The summed E-state index contributed by atoms with van der Waals surface area (Å²) in [5, 5.41) is 9.13. The molecule has 48 heavy (non-hydrogen) atoms. The summed E-state index contributed by atoms with van der Waals surface area (Å²) in [6, 6.07) is 22.0. The smallest absolute Gasteiger partial charge is 0.341 e. The summed E-state index contributed by atoms with van der Waals surface area (Å²) in [6.45, 7) is 0.0335. The lowest BCUT2D eigenvalue weighted by Crippen LogP contribution is -2.51. The van der Waals surface area contributed by atoms with Crippen LogP contribution in [0.4, 0.5) is 0 Å². The number of hydrogen-bond acceptors (Lipinski definition) is 7. The van der Waals surface area contributed by atoms with Crippen molar-refractivity contribution in [1.29, 1.82) is 0 Å². The molecule has 0 spiro atoms. The van der Waals surface area contributed by atoms with Gasteiger partial charge in [-0.1, -0.05) is 67.8 Å². The van der Waals surface area contributed by atoms with Crippen LogP contribution in [0.2, 0.25) is 0 Å². The van der Waals surface area contributed by atoms with Gasteiger partial charge in [0.05, 0.1) is 20.1 Å². The van der Waals surface area contributed by atoms with Gasteiger partial charge in [0.25, 0.3) is 0 Å². The number of rotatable bonds is 14. The van der Waals surface area contributed by atoms with Gasteiger partial charge in [-0.25, -0.2) is 9.59 Å². The van der Waals surface area contributed by atoms with Gasteiger partial charge in [0.15, 0.2) is 18.1 Å². The highest BCUT2D eigenvalue weighted by Gasteiger charge is 2.40. The van der Waals surface area contributed by atoms with Gasteiger partial charge in [0.1, 0.15) is 17.9 Å². The molecule has 3 aromatic carbocycles. The Hall–Kier alpha value is -4.53. The zero-order valence-electron chi connectivity index (χ0n) is 28.0. The molecule has 256 valence electrons. The first-order valence-corrected chi connectivity index (χ1v) is 17.1. The van der Waals surface area contributed by atoms with Gasteiger partial charge in [0.2, 0.25) is 5.91 Å². The number of carboxylic acids is 1. The van der Waals surface area contributed by atoms with Crippen LogP contribution < -0.4 is 14.2 Å². The summed E-state index contributed by atoms with van der Waals surface area (Å²) in [7, 11) is 3.17. The van der Waals surface area contributed by atoms with E-state index in [1.54, 1.807) is 37.3 Å². The van der Waals surface area contributed by atoms with Crippen molar-refractivity contribution >= 4 is 17.8 Å². The number of aryl methyl sites for hydroxylation is 1. The maximum atomic E-state index is 14.5. The number of hydrogen-bond donors (Lipinski definition) is 1. The molecule has 0 aromatic heterocycles. The molecule has 1 aliphatic heterocycles. The lowest BCUT2D eigenvalue weighted by atomic mass is 9.75. The lowest BCUT2D eigenvalue weighted by molar-refractivity contribution is -0.163. The summed E-state index contributed by atoms with van der Waals surface area (Å²) in [6.07, 6.45) is 7.99. The molecule has 1 saturated carbocycles. The van der Waals surface area contributed by atoms with Crippen molar-refractivity contribution in [2.24, 2.45) is 5.92 Å². The Labute approximate surface area is 283 Å². The lowest BCUT2D eigenvalue weighted by Gasteiger charge is -2.39. The van der Waals surface area contributed by atoms with Crippen molar-refractivity contribution in [3.05, 3.63) is 89.5 Å². The van der Waals surface area contributed by atoms with Crippen LogP contribution in [0.15, 0.2) is 72.8 Å². The van der Waals surface area contributed by atoms with E-state index in [2.05, 4.69) is 0 Å². The molecule has 0 unspecified atom stereocenters. The predicted molar refractivity (Wildman–Crippen MR) is 181 cm³/mol. The van der Waals surface area contributed by atoms with E-state index in [0.717, 1.165) is 49.7 Å². The second kappa shape index (κ2) is 17.0. The largest absolute Gasteiger partial charge is 0.493 e. The molecule has 3 atom stereocenters. The highest BCUT2D eigenvalue weighted by atomic mass is 16.5. The number of piperidine rings is 1. The number of carbonyl (C=O) groups is 3. The van der Waals surface area contributed by atoms with Crippen LogP contribution in [0.3, 0.4) is 0 Å². The highest BCUT2D eigenvalue weighted by Crippen LogP contribution is 2.39. The Bertz CT molecular complexity index is 1520. The minimum absolute atomic E-state index is 0.0145. The number of nitrogens with zero attached hydrogens (tertiary/aromatic N) is 1. The summed E-state index contributed by atoms with van der Waals surface area (Å²) in [5.74, 6) is 0.0642. The zero-order valence-corrected chi connectivity index (χ0v) is 28.0. The Morgan fingerprint density at radius 3 is 2.27 bits per heavy atom. The van der Waals surface area contributed by atoms with Crippen LogP contribution in [0.25, 0.3) is 0 Å². The Kier molecular flexibility index (Phi) is 12.4. The van der Waals surface area contributed by atoms with Crippen molar-refractivity contribution in [1.82, 2.24) is 4.90 Å². The third-order valence-corrected chi connectivity index (χ3v) is 9.60. The molecule has 3 aromatic rings. The quantitative estimate of drug-likeness (QED) is 0.182. The maximum absolute atomic E-state index is 14.5. The van der Waals surface area contributed by atoms with Gasteiger partial charge in [0, 0.05) is 6.54 Å². The molecule has 1 saturated heterocycles. The van der Waals surface area contributed by atoms with Crippen molar-refractivity contribution < 1.29 is 38.4 Å². The van der Waals surface area contributed by atoms with Gasteiger partial charge in [-0.15, -0.1) is 0 Å². The molecular formula is C39H47NO8. The summed E-state index contributed by atoms with van der Waals surface area (Å²) >= 11 is 0. The molecule has 1 heterocycles. The minimum atomic E-state index is -1.08. The van der Waals surface area contributed by atoms with E-state index in [0.29, 0.717) is 48.6 Å². The molecule has 1 aliphatic carbocycles. The molecule has 5 rings (SSSR count). The fourth-order valence-electron chi connectivity index (χ4n) is 7.16. The predicted octanol–water partition coefficient (Wildman–Crippen LogP) is 7.13. The van der Waals surface area contributed by atoms with Crippen LogP contribution in [0.1, 0.15) is 86.5 Å². The number of esters is 1. The Morgan fingerprint density at radius 2 is 1.54 bits per heavy atom. The first-order valence-electron chi connectivity index (χ1n) is 17.1. The summed E-state index contributed by atoms with van der Waals surface area (Å²) in [4.78, 5) is 41.6. The second-order valence-corrected chi connectivity index (χ2v) is 12.7. The SMILES string of the molecule is COc1ccc(CC[C@@H](OC(=O)[C@@H]2CCCCN2C(=O)[C@@H](c2ccccc2)C2CCCCC2)c2cccc(OCC(=O)O)c2)cc1OC. The maximum Gasteiger partial charge on any atom is 0.341 e. The van der Waals surface area contributed by atoms with Crippen LogP contribution >= 0.6 is 0 Å². The normalized spacial score (nSPS) is 18.0. The molecular weight excluding hydrogens is 610 g/mol. The van der Waals surface area contributed by atoms with Crippen LogP contribution in [0, 0.1) is 5.92 Å². The number of likely N-dealkylation sites (tertiary alicyclic amines) is 1. The van der Waals surface area contributed by atoms with Crippen molar-refractivity contribution in [2.75, 3.05) is 27.4 Å². The number of carbonyl (C=O) groups excluding carboxylic acids is 2. The van der Waals surface area contributed by atoms with Crippen molar-refractivity contribution in [2.45, 2.75) is 82.3 Å². The van der Waals surface area contributed by atoms with E-state index in [-0.39, 0.29) is 17.7 Å². The van der Waals surface area contributed by atoms with E-state index >= 15 is 0 Å². The molecule has 9 heteroatoms. The zero-order chi connectivity index (χ0) is 33.9. The molecule has 2 aliphatic rings. The standard InChI is InChI=1S/C39H47NO8/c1-45-34-22-20-27(24-35(34)46-2)19-21-33(30-16-11-17-31(25-30)47-26-36(41)42)48-39(44)32-18-9-10-23-40(32)38(43)37(28-12-5-3-6-13-28)29-14-7-4-8-15-29/h3,5-6,11-13,16-17,20,22,24-25,29,32-33,37H,4,7-10,14-15,18-19,21,23,26H2,1-2H3,(H,41,42)/t32-,33+,37-/m0/s1. The van der Waals surface area contributed by atoms with Gasteiger partial charge in [-0.05, 0) is 91.8 Å². The molecule has 9 nitrogen and oxygen atoms in total. The number of ether oxygens (including phenoxy) is 4. The monoisotopic (exact) mass is 657 g/mol. The molecule has 1 N–H and O–H groups in total. The highest BCUT2D eigenvalue weighted by molar-refractivity contribution is 5.89. The second-order valence-electron chi connectivity index (χ2n) is 12.7. The van der Waals surface area contributed by atoms with Gasteiger partial charge in [-0.2, -0.15) is 0 Å². The van der Waals surface area contributed by atoms with Crippen LogP contribution in [-0.2, 0) is 25.5 Å². The minimum Gasteiger partial charge on any atom is -0.493 e. The number of aliphatic carboxylic acids is 1. The molecule has 1 amide bonds. The number of amides is 1. The van der Waals surface area contributed by atoms with Crippen LogP contribution in [-0.4, -0.2) is 61.3 Å². The van der Waals surface area contributed by atoms with E-state index in [4.69, 9.17) is 24.1 Å². The molecule has 2 fully saturated rings. The Balaban J connectivity index is 1.39. The number of benzene rings is 3. The van der Waals surface area contributed by atoms with Crippen molar-refractivity contribution in [3.8, 4) is 17.2 Å². The Morgan fingerprint density at radius 1 is 0.812 bits per heavy atom. The first kappa shape index (κ1) is 34.8. The molecule has 0 bridgehead atoms. The summed E-state index contributed by atoms with van der Waals surface area (Å²) in [5.41, 5.74) is 2.67. The average Bonchev–Trinajstić information content (AvgIpc) is 3.13. The number of methoxy groups -OCH3 is 2. The van der Waals surface area contributed by atoms with Crippen molar-refractivity contribution in [3.63, 3.8) is 0 Å². The van der Waals surface area contributed by atoms with E-state index < -0.39 is 30.7 Å². The van der Waals surface area contributed by atoms with E-state index in [1.165, 1.54) is 6.42 Å². The van der Waals surface area contributed by atoms with Crippen LogP contribution in [0.5, 0.6) is 17.2 Å². The van der Waals surface area contributed by atoms with Gasteiger partial charge >= 0.3 is 11.9 Å². The fraction of sp³-hybridized carbons (Fsp3) is 0.462. The van der Waals surface area contributed by atoms with E-state index in [9.17, 15) is 14.4 Å². The first-order chi connectivity index (χ1) is 23.4. The fourth-order valence-corrected chi connectivity index (χ4v) is 7.16. The average molecular weight is 658 g/mol. The number of carboxylic acid groups (broad SMARTS) is 1. The third-order valence-electron chi connectivity index (χ3n) is 9.60. The van der Waals surface area contributed by atoms with Gasteiger partial charge < -0.3 is 29.0 Å². The third kappa shape index (κ3) is 8.88. The summed E-state index contributed by atoms with van der Waals surface area (Å²) < 4.78 is 22.7. The van der Waals surface area contributed by atoms with Gasteiger partial charge in [-0.3, -0.25) is 4.79 Å².